The molecule has 0 bridgehead atoms. The molecule has 0 amide bonds. The van der Waals surface area contributed by atoms with E-state index in [0.29, 0.717) is 13.2 Å². The molecule has 3 nitrogen and oxygen atoms in total. The van der Waals surface area contributed by atoms with Crippen LogP contribution in [0.3, 0.4) is 0 Å². The van der Waals surface area contributed by atoms with Gasteiger partial charge in [0, 0.05) is 18.7 Å². The molecule has 0 saturated heterocycles. The van der Waals surface area contributed by atoms with Crippen LogP contribution in [0.5, 0.6) is 5.75 Å². The molecule has 0 heterocycles. The molecular weight excluding hydrogens is 262 g/mol. The lowest BCUT2D eigenvalue weighted by atomic mass is 9.94. The van der Waals surface area contributed by atoms with E-state index in [2.05, 4.69) is 18.0 Å². The van der Waals surface area contributed by atoms with Gasteiger partial charge in [-0.3, -0.25) is 0 Å². The highest BCUT2D eigenvalue weighted by Crippen LogP contribution is 2.26. The maximum atomic E-state index is 10.6. The van der Waals surface area contributed by atoms with Crippen LogP contribution in [-0.2, 0) is 6.54 Å². The van der Waals surface area contributed by atoms with Gasteiger partial charge in [0.15, 0.2) is 0 Å². The molecule has 1 aromatic rings. The molecule has 0 aliphatic heterocycles. The van der Waals surface area contributed by atoms with Gasteiger partial charge in [-0.25, -0.2) is 0 Å². The van der Waals surface area contributed by atoms with Crippen molar-refractivity contribution in [3.63, 3.8) is 0 Å². The van der Waals surface area contributed by atoms with Crippen molar-refractivity contribution >= 4 is 0 Å². The molecule has 0 atom stereocenters. The molecule has 1 aliphatic rings. The largest absolute Gasteiger partial charge is 0.489 e. The fraction of sp³-hybridized carbons (Fsp3) is 0.556. The molecule has 0 unspecified atom stereocenters. The summed E-state index contributed by atoms with van der Waals surface area (Å²) in [5.41, 5.74) is 0.588. The van der Waals surface area contributed by atoms with Crippen molar-refractivity contribution in [3.05, 3.63) is 42.5 Å². The van der Waals surface area contributed by atoms with Gasteiger partial charge in [-0.1, -0.05) is 56.5 Å². The number of para-hydroxylation sites is 1. The van der Waals surface area contributed by atoms with Crippen LogP contribution in [0.25, 0.3) is 0 Å². The lowest BCUT2D eigenvalue weighted by molar-refractivity contribution is 0.0250. The van der Waals surface area contributed by atoms with Crippen LogP contribution in [0, 0.1) is 0 Å². The van der Waals surface area contributed by atoms with E-state index in [1.165, 1.54) is 12.8 Å². The minimum absolute atomic E-state index is 0.515. The van der Waals surface area contributed by atoms with Gasteiger partial charge < -0.3 is 15.2 Å². The lowest BCUT2D eigenvalue weighted by Gasteiger charge is -2.27. The molecular formula is C18H27NO2. The van der Waals surface area contributed by atoms with Crippen molar-refractivity contribution in [2.75, 3.05) is 13.2 Å². The molecule has 2 N–H and O–H groups in total. The average molecular weight is 289 g/mol. The van der Waals surface area contributed by atoms with Crippen LogP contribution < -0.4 is 10.1 Å². The number of hydrogen-bond donors (Lipinski definition) is 2. The molecule has 0 aromatic heterocycles. The Morgan fingerprint density at radius 3 is 2.62 bits per heavy atom. The topological polar surface area (TPSA) is 41.5 Å². The Morgan fingerprint density at radius 1 is 1.19 bits per heavy atom. The van der Waals surface area contributed by atoms with Crippen LogP contribution in [0.1, 0.15) is 44.1 Å². The maximum absolute atomic E-state index is 10.6. The van der Waals surface area contributed by atoms with E-state index in [1.54, 1.807) is 6.08 Å². The summed E-state index contributed by atoms with van der Waals surface area (Å²) >= 11 is 0. The van der Waals surface area contributed by atoms with Gasteiger partial charge in [0.2, 0.25) is 0 Å². The van der Waals surface area contributed by atoms with E-state index in [4.69, 9.17) is 4.74 Å². The Kier molecular flexibility index (Phi) is 6.27. The molecule has 0 radical (unpaired) electrons. The molecule has 1 saturated carbocycles. The second-order valence-corrected chi connectivity index (χ2v) is 5.95. The predicted molar refractivity (Wildman–Crippen MR) is 86.5 cm³/mol. The number of hydrogen-bond acceptors (Lipinski definition) is 3. The fourth-order valence-corrected chi connectivity index (χ4v) is 2.93. The Balaban J connectivity index is 1.86. The lowest BCUT2D eigenvalue weighted by Crippen LogP contribution is -2.39. The third kappa shape index (κ3) is 5.18. The standard InChI is InChI=1S/C18H27NO2/c1-2-13-21-17-10-6-5-9-16(17)14-19-15-18(20)11-7-3-4-8-12-18/h2,5-6,9-10,19-20H,1,3-4,7-8,11-15H2. The SMILES string of the molecule is C=CCOc1ccccc1CNCC1(O)CCCCCC1. The highest BCUT2D eigenvalue weighted by atomic mass is 16.5. The molecule has 21 heavy (non-hydrogen) atoms. The summed E-state index contributed by atoms with van der Waals surface area (Å²) < 4.78 is 5.65. The van der Waals surface area contributed by atoms with Gasteiger partial charge in [-0.05, 0) is 18.9 Å². The molecule has 116 valence electrons. The van der Waals surface area contributed by atoms with Crippen LogP contribution in [0.4, 0.5) is 0 Å². The van der Waals surface area contributed by atoms with E-state index in [0.717, 1.165) is 43.5 Å². The number of aliphatic hydroxyl groups is 1. The second kappa shape index (κ2) is 8.20. The monoisotopic (exact) mass is 289 g/mol. The van der Waals surface area contributed by atoms with Crippen LogP contribution >= 0.6 is 0 Å². The Morgan fingerprint density at radius 2 is 1.90 bits per heavy atom. The van der Waals surface area contributed by atoms with Crippen LogP contribution in [0.2, 0.25) is 0 Å². The fourth-order valence-electron chi connectivity index (χ4n) is 2.93. The van der Waals surface area contributed by atoms with Crippen molar-refractivity contribution in [1.82, 2.24) is 5.32 Å². The van der Waals surface area contributed by atoms with Gasteiger partial charge in [0.25, 0.3) is 0 Å². The Labute approximate surface area is 128 Å². The number of benzene rings is 1. The molecule has 0 spiro atoms. The summed E-state index contributed by atoms with van der Waals surface area (Å²) in [6.45, 7) is 5.56. The highest BCUT2D eigenvalue weighted by Gasteiger charge is 2.27. The third-order valence-corrected chi connectivity index (χ3v) is 4.13. The minimum atomic E-state index is -0.534. The predicted octanol–water partition coefficient (Wildman–Crippen LogP) is 3.43. The zero-order chi connectivity index (χ0) is 15.0. The summed E-state index contributed by atoms with van der Waals surface area (Å²) in [5.74, 6) is 0.887. The first-order valence-electron chi connectivity index (χ1n) is 7.98. The second-order valence-electron chi connectivity index (χ2n) is 5.95. The van der Waals surface area contributed by atoms with E-state index in [1.807, 2.05) is 18.2 Å². The third-order valence-electron chi connectivity index (χ3n) is 4.13. The van der Waals surface area contributed by atoms with Crippen molar-refractivity contribution in [2.24, 2.45) is 0 Å². The van der Waals surface area contributed by atoms with Gasteiger partial charge >= 0.3 is 0 Å². The Bertz CT molecular complexity index is 437. The van der Waals surface area contributed by atoms with Crippen molar-refractivity contribution in [3.8, 4) is 5.75 Å². The quantitative estimate of drug-likeness (QED) is 0.597. The summed E-state index contributed by atoms with van der Waals surface area (Å²) in [5, 5.41) is 14.0. The molecule has 2 rings (SSSR count). The summed E-state index contributed by atoms with van der Waals surface area (Å²) in [4.78, 5) is 0. The van der Waals surface area contributed by atoms with Gasteiger partial charge in [-0.15, -0.1) is 0 Å². The highest BCUT2D eigenvalue weighted by molar-refractivity contribution is 5.33. The van der Waals surface area contributed by atoms with Crippen molar-refractivity contribution < 1.29 is 9.84 Å². The number of rotatable bonds is 7. The average Bonchev–Trinajstić information content (AvgIpc) is 2.71. The Hall–Kier alpha value is -1.32. The molecule has 1 fully saturated rings. The molecule has 1 aromatic carbocycles. The van der Waals surface area contributed by atoms with Crippen molar-refractivity contribution in [2.45, 2.75) is 50.7 Å². The minimum Gasteiger partial charge on any atom is -0.489 e. The van der Waals surface area contributed by atoms with Crippen LogP contribution in [-0.4, -0.2) is 23.9 Å². The number of ether oxygens (including phenoxy) is 1. The van der Waals surface area contributed by atoms with Gasteiger partial charge in [-0.2, -0.15) is 0 Å². The normalized spacial score (nSPS) is 18.0. The summed E-state index contributed by atoms with van der Waals surface area (Å²) in [6, 6.07) is 8.02. The smallest absolute Gasteiger partial charge is 0.124 e. The zero-order valence-electron chi connectivity index (χ0n) is 12.8. The van der Waals surface area contributed by atoms with Crippen LogP contribution in [0.15, 0.2) is 36.9 Å². The molecule has 3 heteroatoms. The first-order valence-corrected chi connectivity index (χ1v) is 7.98. The first kappa shape index (κ1) is 16.1. The van der Waals surface area contributed by atoms with E-state index >= 15 is 0 Å². The summed E-state index contributed by atoms with van der Waals surface area (Å²) in [6.07, 6.45) is 8.34. The van der Waals surface area contributed by atoms with E-state index < -0.39 is 5.60 Å². The summed E-state index contributed by atoms with van der Waals surface area (Å²) in [7, 11) is 0. The van der Waals surface area contributed by atoms with E-state index in [-0.39, 0.29) is 0 Å². The van der Waals surface area contributed by atoms with Crippen molar-refractivity contribution in [1.29, 1.82) is 0 Å². The van der Waals surface area contributed by atoms with Gasteiger partial charge in [0.05, 0.1) is 5.60 Å². The molecule has 1 aliphatic carbocycles. The maximum Gasteiger partial charge on any atom is 0.124 e. The zero-order valence-corrected chi connectivity index (χ0v) is 12.8. The van der Waals surface area contributed by atoms with E-state index in [9.17, 15) is 5.11 Å². The number of nitrogens with one attached hydrogen (secondary N) is 1. The first-order chi connectivity index (χ1) is 10.2. The van der Waals surface area contributed by atoms with Gasteiger partial charge in [0.1, 0.15) is 12.4 Å².